The molecule has 3 aromatic carbocycles. The van der Waals surface area contributed by atoms with E-state index in [-0.39, 0.29) is 12.4 Å². The molecule has 0 saturated carbocycles. The summed E-state index contributed by atoms with van der Waals surface area (Å²) in [6.07, 6.45) is 0. The van der Waals surface area contributed by atoms with Crippen LogP contribution in [0.1, 0.15) is 15.9 Å². The van der Waals surface area contributed by atoms with Crippen LogP contribution in [0, 0.1) is 6.92 Å². The molecule has 0 aliphatic heterocycles. The normalized spacial score (nSPS) is 10.4. The van der Waals surface area contributed by atoms with Crippen LogP contribution >= 0.6 is 15.9 Å². The Kier molecular flexibility index (Phi) is 6.11. The lowest BCUT2D eigenvalue weighted by atomic mass is 10.0. The van der Waals surface area contributed by atoms with Gasteiger partial charge in [0, 0.05) is 4.47 Å². The first-order valence-corrected chi connectivity index (χ1v) is 9.34. The predicted molar refractivity (Wildman–Crippen MR) is 111 cm³/mol. The Labute approximate surface area is 171 Å². The molecular weight excluding hydrogens is 422 g/mol. The highest BCUT2D eigenvalue weighted by Crippen LogP contribution is 2.24. The van der Waals surface area contributed by atoms with E-state index in [4.69, 9.17) is 4.74 Å². The average molecular weight is 440 g/mol. The highest BCUT2D eigenvalue weighted by molar-refractivity contribution is 9.10. The second-order valence-corrected chi connectivity index (χ2v) is 7.09. The number of amides is 1. The molecule has 0 radical (unpaired) electrons. The first kappa shape index (κ1) is 19.6. The van der Waals surface area contributed by atoms with Crippen molar-refractivity contribution < 1.29 is 19.4 Å². The lowest BCUT2D eigenvalue weighted by molar-refractivity contribution is -0.119. The molecule has 0 bridgehead atoms. The molecule has 6 heteroatoms. The molecular formula is C22H18BrNO4. The molecule has 0 aliphatic rings. The number of carbonyl (C=O) groups excluding carboxylic acids is 2. The van der Waals surface area contributed by atoms with Crippen LogP contribution in [0.2, 0.25) is 0 Å². The van der Waals surface area contributed by atoms with Gasteiger partial charge in [0.15, 0.2) is 6.61 Å². The zero-order chi connectivity index (χ0) is 20.1. The van der Waals surface area contributed by atoms with E-state index in [1.54, 1.807) is 54.6 Å². The van der Waals surface area contributed by atoms with E-state index >= 15 is 0 Å². The van der Waals surface area contributed by atoms with Crippen molar-refractivity contribution in [2.75, 3.05) is 11.9 Å². The number of phenolic OH excluding ortho intramolecular Hbond substituents is 1. The van der Waals surface area contributed by atoms with Crippen molar-refractivity contribution in [3.05, 3.63) is 82.3 Å². The number of aryl methyl sites for hydroxylation is 1. The van der Waals surface area contributed by atoms with Gasteiger partial charge in [-0.1, -0.05) is 30.3 Å². The second-order valence-electron chi connectivity index (χ2n) is 6.23. The molecule has 3 aromatic rings. The van der Waals surface area contributed by atoms with Crippen molar-refractivity contribution in [2.24, 2.45) is 0 Å². The zero-order valence-electron chi connectivity index (χ0n) is 15.1. The molecule has 0 atom stereocenters. The zero-order valence-corrected chi connectivity index (χ0v) is 16.7. The highest BCUT2D eigenvalue weighted by Gasteiger charge is 2.12. The number of ether oxygens (including phenoxy) is 1. The Bertz CT molecular complexity index is 998. The van der Waals surface area contributed by atoms with E-state index in [1.165, 1.54) is 0 Å². The monoisotopic (exact) mass is 439 g/mol. The van der Waals surface area contributed by atoms with Crippen LogP contribution in [0.4, 0.5) is 5.69 Å². The van der Waals surface area contributed by atoms with Crippen molar-refractivity contribution >= 4 is 33.5 Å². The molecule has 28 heavy (non-hydrogen) atoms. The minimum atomic E-state index is -0.574. The molecule has 0 unspecified atom stereocenters. The van der Waals surface area contributed by atoms with Crippen molar-refractivity contribution in [3.8, 4) is 16.9 Å². The molecule has 0 heterocycles. The molecule has 5 nitrogen and oxygen atoms in total. The maximum atomic E-state index is 12.2. The van der Waals surface area contributed by atoms with Crippen molar-refractivity contribution in [1.29, 1.82) is 0 Å². The van der Waals surface area contributed by atoms with Crippen LogP contribution in [-0.4, -0.2) is 23.6 Å². The van der Waals surface area contributed by atoms with E-state index in [2.05, 4.69) is 21.2 Å². The summed E-state index contributed by atoms with van der Waals surface area (Å²) in [5.41, 5.74) is 3.85. The number of hydrogen-bond acceptors (Lipinski definition) is 4. The van der Waals surface area contributed by atoms with Crippen molar-refractivity contribution in [1.82, 2.24) is 0 Å². The van der Waals surface area contributed by atoms with Gasteiger partial charge >= 0.3 is 5.97 Å². The summed E-state index contributed by atoms with van der Waals surface area (Å²) < 4.78 is 5.85. The number of benzene rings is 3. The number of nitrogens with one attached hydrogen (secondary N) is 1. The fourth-order valence-corrected chi connectivity index (χ4v) is 3.17. The third-order valence-corrected chi connectivity index (χ3v) is 4.71. The van der Waals surface area contributed by atoms with Gasteiger partial charge in [-0.25, -0.2) is 4.79 Å². The largest absolute Gasteiger partial charge is 0.508 e. The Hall–Kier alpha value is -3.12. The van der Waals surface area contributed by atoms with E-state index in [0.717, 1.165) is 21.2 Å². The van der Waals surface area contributed by atoms with Gasteiger partial charge in [-0.15, -0.1) is 0 Å². The van der Waals surface area contributed by atoms with Crippen LogP contribution in [0.5, 0.6) is 5.75 Å². The minimum Gasteiger partial charge on any atom is -0.508 e. The third kappa shape index (κ3) is 4.98. The number of anilines is 1. The van der Waals surface area contributed by atoms with E-state index < -0.39 is 11.9 Å². The Morgan fingerprint density at radius 2 is 1.57 bits per heavy atom. The third-order valence-electron chi connectivity index (χ3n) is 4.05. The molecule has 1 amide bonds. The summed E-state index contributed by atoms with van der Waals surface area (Å²) in [4.78, 5) is 24.2. The van der Waals surface area contributed by atoms with Crippen LogP contribution in [0.25, 0.3) is 11.1 Å². The number of carbonyl (C=O) groups is 2. The minimum absolute atomic E-state index is 0.194. The van der Waals surface area contributed by atoms with Gasteiger partial charge in [-0.05, 0) is 75.9 Å². The van der Waals surface area contributed by atoms with Crippen LogP contribution in [0.15, 0.2) is 71.2 Å². The summed E-state index contributed by atoms with van der Waals surface area (Å²) >= 11 is 3.39. The smallest absolute Gasteiger partial charge is 0.338 e. The van der Waals surface area contributed by atoms with Gasteiger partial charge in [0.1, 0.15) is 5.75 Å². The fraction of sp³-hybridized carbons (Fsp3) is 0.0909. The lowest BCUT2D eigenvalue weighted by Gasteiger charge is -2.09. The molecule has 142 valence electrons. The van der Waals surface area contributed by atoms with Crippen molar-refractivity contribution in [2.45, 2.75) is 6.92 Å². The average Bonchev–Trinajstić information content (AvgIpc) is 2.69. The summed E-state index contributed by atoms with van der Waals surface area (Å²) in [5, 5.41) is 12.0. The van der Waals surface area contributed by atoms with Crippen LogP contribution < -0.4 is 5.32 Å². The van der Waals surface area contributed by atoms with Gasteiger partial charge in [0.25, 0.3) is 5.91 Å². The molecule has 2 N–H and O–H groups in total. The van der Waals surface area contributed by atoms with Crippen LogP contribution in [-0.2, 0) is 9.53 Å². The maximum Gasteiger partial charge on any atom is 0.338 e. The molecule has 0 saturated heterocycles. The SMILES string of the molecule is Cc1ccc(NC(=O)COC(=O)c2ccc(-c3ccc(O)cc3)cc2)c(Br)c1. The van der Waals surface area contributed by atoms with Gasteiger partial charge in [0.2, 0.25) is 0 Å². The Balaban J connectivity index is 1.57. The summed E-state index contributed by atoms with van der Waals surface area (Å²) in [6.45, 7) is 1.57. The van der Waals surface area contributed by atoms with Gasteiger partial charge in [0.05, 0.1) is 11.3 Å². The van der Waals surface area contributed by atoms with E-state index in [1.807, 2.05) is 19.1 Å². The predicted octanol–water partition coefficient (Wildman–Crippen LogP) is 4.93. The lowest BCUT2D eigenvalue weighted by Crippen LogP contribution is -2.21. The Morgan fingerprint density at radius 1 is 0.964 bits per heavy atom. The summed E-state index contributed by atoms with van der Waals surface area (Å²) in [6, 6.07) is 19.2. The highest BCUT2D eigenvalue weighted by atomic mass is 79.9. The summed E-state index contributed by atoms with van der Waals surface area (Å²) in [7, 11) is 0. The fourth-order valence-electron chi connectivity index (χ4n) is 2.57. The topological polar surface area (TPSA) is 75.6 Å². The quantitative estimate of drug-likeness (QED) is 0.552. The maximum absolute atomic E-state index is 12.2. The number of phenols is 1. The number of aromatic hydroxyl groups is 1. The van der Waals surface area contributed by atoms with E-state index in [9.17, 15) is 14.7 Å². The number of hydrogen-bond donors (Lipinski definition) is 2. The van der Waals surface area contributed by atoms with E-state index in [0.29, 0.717) is 11.3 Å². The Morgan fingerprint density at radius 3 is 2.18 bits per heavy atom. The standard InChI is InChI=1S/C22H18BrNO4/c1-14-2-11-20(19(23)12-14)24-21(26)13-28-22(27)17-5-3-15(4-6-17)16-7-9-18(25)10-8-16/h2-12,25H,13H2,1H3,(H,24,26). The molecule has 0 spiro atoms. The second kappa shape index (κ2) is 8.71. The van der Waals surface area contributed by atoms with Gasteiger partial charge in [-0.3, -0.25) is 4.79 Å². The summed E-state index contributed by atoms with van der Waals surface area (Å²) in [5.74, 6) is -0.797. The number of rotatable bonds is 5. The molecule has 0 aliphatic carbocycles. The molecule has 0 fully saturated rings. The number of halogens is 1. The van der Waals surface area contributed by atoms with Gasteiger partial charge in [-0.2, -0.15) is 0 Å². The van der Waals surface area contributed by atoms with Crippen molar-refractivity contribution in [3.63, 3.8) is 0 Å². The number of esters is 1. The van der Waals surface area contributed by atoms with Crippen LogP contribution in [0.3, 0.4) is 0 Å². The van der Waals surface area contributed by atoms with Gasteiger partial charge < -0.3 is 15.2 Å². The molecule has 3 rings (SSSR count). The first-order chi connectivity index (χ1) is 13.4. The first-order valence-electron chi connectivity index (χ1n) is 8.55. The molecule has 0 aromatic heterocycles.